The standard InChI is InChI=1S/C22H22F4/c1-11-3-5-13-9-17(21(25)19(23)15(13)7-11)18-10-14-6-4-12(2)8-16(14)20(24)22(18)26/h9-12H,3-8H2,1-2H3. The Hall–Kier alpha value is -1.84. The molecule has 0 heterocycles. The number of rotatable bonds is 1. The van der Waals surface area contributed by atoms with Crippen molar-refractivity contribution in [2.24, 2.45) is 11.8 Å². The zero-order valence-electron chi connectivity index (χ0n) is 15.1. The summed E-state index contributed by atoms with van der Waals surface area (Å²) in [7, 11) is 0. The lowest BCUT2D eigenvalue weighted by molar-refractivity contribution is 0.445. The zero-order valence-corrected chi connectivity index (χ0v) is 15.1. The highest BCUT2D eigenvalue weighted by Gasteiger charge is 2.28. The van der Waals surface area contributed by atoms with Gasteiger partial charge >= 0.3 is 0 Å². The van der Waals surface area contributed by atoms with Crippen LogP contribution in [0.3, 0.4) is 0 Å². The van der Waals surface area contributed by atoms with Crippen LogP contribution >= 0.6 is 0 Å². The third kappa shape index (κ3) is 2.74. The molecule has 0 aromatic heterocycles. The molecule has 2 unspecified atom stereocenters. The number of fused-ring (bicyclic) bond motifs is 2. The molecule has 0 fully saturated rings. The van der Waals surface area contributed by atoms with Crippen LogP contribution in [0.5, 0.6) is 0 Å². The number of benzene rings is 2. The summed E-state index contributed by atoms with van der Waals surface area (Å²) in [5.41, 5.74) is 1.88. The molecule has 2 aromatic carbocycles. The van der Waals surface area contributed by atoms with E-state index < -0.39 is 23.3 Å². The quantitative estimate of drug-likeness (QED) is 0.533. The van der Waals surface area contributed by atoms with Gasteiger partial charge in [0.25, 0.3) is 0 Å². The highest BCUT2D eigenvalue weighted by molar-refractivity contribution is 5.69. The zero-order chi connectivity index (χ0) is 18.6. The van der Waals surface area contributed by atoms with Gasteiger partial charge in [-0.25, -0.2) is 17.6 Å². The Labute approximate surface area is 151 Å². The van der Waals surface area contributed by atoms with Crippen molar-refractivity contribution in [3.8, 4) is 11.1 Å². The Morgan fingerprint density at radius 3 is 1.42 bits per heavy atom. The first-order valence-electron chi connectivity index (χ1n) is 9.36. The van der Waals surface area contributed by atoms with Gasteiger partial charge in [-0.1, -0.05) is 13.8 Å². The highest BCUT2D eigenvalue weighted by atomic mass is 19.2. The second-order valence-corrected chi connectivity index (χ2v) is 8.08. The monoisotopic (exact) mass is 362 g/mol. The first-order chi connectivity index (χ1) is 12.4. The molecule has 0 radical (unpaired) electrons. The minimum Gasteiger partial charge on any atom is -0.203 e. The van der Waals surface area contributed by atoms with E-state index in [9.17, 15) is 17.6 Å². The fourth-order valence-electron chi connectivity index (χ4n) is 4.42. The lowest BCUT2D eigenvalue weighted by Crippen LogP contribution is -2.16. The fraction of sp³-hybridized carbons (Fsp3) is 0.455. The van der Waals surface area contributed by atoms with Crippen LogP contribution in [0.4, 0.5) is 17.6 Å². The molecule has 0 nitrogen and oxygen atoms in total. The molecule has 0 N–H and O–H groups in total. The topological polar surface area (TPSA) is 0 Å². The van der Waals surface area contributed by atoms with Crippen molar-refractivity contribution < 1.29 is 17.6 Å². The molecule has 0 aliphatic heterocycles. The number of hydrogen-bond acceptors (Lipinski definition) is 0. The summed E-state index contributed by atoms with van der Waals surface area (Å²) in [5.74, 6) is -3.37. The van der Waals surface area contributed by atoms with Crippen LogP contribution in [0.1, 0.15) is 48.9 Å². The SMILES string of the molecule is CC1CCc2cc(-c3cc4c(c(F)c3F)CC(C)CC4)c(F)c(F)c2C1. The average molecular weight is 362 g/mol. The van der Waals surface area contributed by atoms with Gasteiger partial charge in [-0.2, -0.15) is 0 Å². The van der Waals surface area contributed by atoms with E-state index in [4.69, 9.17) is 0 Å². The second kappa shape index (κ2) is 6.40. The Bertz CT molecular complexity index is 811. The van der Waals surface area contributed by atoms with Crippen LogP contribution in [0.15, 0.2) is 12.1 Å². The summed E-state index contributed by atoms with van der Waals surface area (Å²) >= 11 is 0. The Morgan fingerprint density at radius 2 is 1.04 bits per heavy atom. The third-order valence-corrected chi connectivity index (χ3v) is 6.01. The van der Waals surface area contributed by atoms with Crippen LogP contribution < -0.4 is 0 Å². The molecule has 4 heteroatoms. The molecule has 2 aliphatic carbocycles. The van der Waals surface area contributed by atoms with Gasteiger partial charge < -0.3 is 0 Å². The maximum atomic E-state index is 14.7. The van der Waals surface area contributed by atoms with Gasteiger partial charge in [-0.05, 0) is 84.7 Å². The summed E-state index contributed by atoms with van der Waals surface area (Å²) in [5, 5.41) is 0. The molecule has 2 aliphatic rings. The normalized spacial score (nSPS) is 22.1. The summed E-state index contributed by atoms with van der Waals surface area (Å²) in [6.07, 6.45) is 4.00. The van der Waals surface area contributed by atoms with Gasteiger partial charge in [0.1, 0.15) is 0 Å². The van der Waals surface area contributed by atoms with Crippen LogP contribution in [0.2, 0.25) is 0 Å². The van der Waals surface area contributed by atoms with E-state index in [1.54, 1.807) is 0 Å². The highest BCUT2D eigenvalue weighted by Crippen LogP contribution is 2.39. The van der Waals surface area contributed by atoms with Gasteiger partial charge in [-0.3, -0.25) is 0 Å². The molecule has 2 aromatic rings. The second-order valence-electron chi connectivity index (χ2n) is 8.08. The van der Waals surface area contributed by atoms with Crippen LogP contribution in [-0.4, -0.2) is 0 Å². The largest absolute Gasteiger partial charge is 0.203 e. The van der Waals surface area contributed by atoms with E-state index in [2.05, 4.69) is 0 Å². The van der Waals surface area contributed by atoms with Gasteiger partial charge in [0.15, 0.2) is 23.3 Å². The number of aryl methyl sites for hydroxylation is 2. The molecule has 0 saturated heterocycles. The fourth-order valence-corrected chi connectivity index (χ4v) is 4.42. The minimum absolute atomic E-state index is 0.159. The maximum Gasteiger partial charge on any atom is 0.167 e. The average Bonchev–Trinajstić information content (AvgIpc) is 2.62. The molecule has 0 amide bonds. The molecule has 2 atom stereocenters. The van der Waals surface area contributed by atoms with Crippen LogP contribution in [0, 0.1) is 35.1 Å². The van der Waals surface area contributed by atoms with E-state index in [1.165, 1.54) is 12.1 Å². The van der Waals surface area contributed by atoms with Gasteiger partial charge in [0, 0.05) is 11.1 Å². The van der Waals surface area contributed by atoms with Crippen molar-refractivity contribution in [3.63, 3.8) is 0 Å². The Morgan fingerprint density at radius 1 is 0.654 bits per heavy atom. The van der Waals surface area contributed by atoms with Crippen molar-refractivity contribution in [3.05, 3.63) is 57.7 Å². The van der Waals surface area contributed by atoms with Crippen LogP contribution in [-0.2, 0) is 25.7 Å². The first kappa shape index (κ1) is 17.6. The van der Waals surface area contributed by atoms with Crippen molar-refractivity contribution in [2.45, 2.75) is 52.4 Å². The molecule has 4 rings (SSSR count). The Kier molecular flexibility index (Phi) is 4.32. The van der Waals surface area contributed by atoms with Crippen molar-refractivity contribution in [1.82, 2.24) is 0 Å². The van der Waals surface area contributed by atoms with E-state index in [0.29, 0.717) is 59.8 Å². The van der Waals surface area contributed by atoms with Crippen molar-refractivity contribution in [1.29, 1.82) is 0 Å². The van der Waals surface area contributed by atoms with Crippen LogP contribution in [0.25, 0.3) is 11.1 Å². The predicted molar refractivity (Wildman–Crippen MR) is 94.1 cm³/mol. The maximum absolute atomic E-state index is 14.7. The summed E-state index contributed by atoms with van der Waals surface area (Å²) in [6.45, 7) is 4.02. The van der Waals surface area contributed by atoms with Gasteiger partial charge in [-0.15, -0.1) is 0 Å². The molecule has 26 heavy (non-hydrogen) atoms. The molecule has 0 bridgehead atoms. The van der Waals surface area contributed by atoms with Crippen molar-refractivity contribution >= 4 is 0 Å². The van der Waals surface area contributed by atoms with E-state index in [1.807, 2.05) is 13.8 Å². The first-order valence-corrected chi connectivity index (χ1v) is 9.36. The smallest absolute Gasteiger partial charge is 0.167 e. The van der Waals surface area contributed by atoms with E-state index in [-0.39, 0.29) is 11.1 Å². The summed E-state index contributed by atoms with van der Waals surface area (Å²) in [4.78, 5) is 0. The third-order valence-electron chi connectivity index (χ3n) is 6.01. The van der Waals surface area contributed by atoms with Crippen molar-refractivity contribution in [2.75, 3.05) is 0 Å². The summed E-state index contributed by atoms with van der Waals surface area (Å²) in [6, 6.07) is 3.05. The van der Waals surface area contributed by atoms with Gasteiger partial charge in [0.05, 0.1) is 0 Å². The molecule has 0 saturated carbocycles. The molecular weight excluding hydrogens is 340 g/mol. The molecular formula is C22H22F4. The predicted octanol–water partition coefficient (Wildman–Crippen LogP) is 6.16. The lowest BCUT2D eigenvalue weighted by Gasteiger charge is -2.25. The minimum atomic E-state index is -1.07. The van der Waals surface area contributed by atoms with E-state index >= 15 is 0 Å². The molecule has 0 spiro atoms. The number of halogens is 4. The van der Waals surface area contributed by atoms with Gasteiger partial charge in [0.2, 0.25) is 0 Å². The molecule has 138 valence electrons. The van der Waals surface area contributed by atoms with E-state index in [0.717, 1.165) is 12.8 Å². The summed E-state index contributed by atoms with van der Waals surface area (Å²) < 4.78 is 58.8. The lowest BCUT2D eigenvalue weighted by atomic mass is 9.81. The Balaban J connectivity index is 1.89. The number of hydrogen-bond donors (Lipinski definition) is 0.